The SMILES string of the molecule is COCCNC(=O)CN(C)c1ncccc1N. The molecule has 1 aromatic heterocycles. The van der Waals surface area contributed by atoms with Crippen LogP contribution in [0.3, 0.4) is 0 Å². The molecular formula is C11H18N4O2. The highest BCUT2D eigenvalue weighted by Crippen LogP contribution is 2.16. The van der Waals surface area contributed by atoms with Crippen molar-refractivity contribution in [1.29, 1.82) is 0 Å². The molecule has 6 heteroatoms. The third kappa shape index (κ3) is 4.28. The first kappa shape index (κ1) is 13.2. The van der Waals surface area contributed by atoms with Gasteiger partial charge in [-0.2, -0.15) is 0 Å². The molecule has 0 aliphatic rings. The van der Waals surface area contributed by atoms with E-state index in [9.17, 15) is 4.79 Å². The van der Waals surface area contributed by atoms with Gasteiger partial charge in [-0.15, -0.1) is 0 Å². The van der Waals surface area contributed by atoms with E-state index < -0.39 is 0 Å². The first-order valence-corrected chi connectivity index (χ1v) is 5.32. The van der Waals surface area contributed by atoms with Crippen LogP contribution in [0, 0.1) is 0 Å². The van der Waals surface area contributed by atoms with Crippen molar-refractivity contribution in [3.8, 4) is 0 Å². The van der Waals surface area contributed by atoms with Gasteiger partial charge in [-0.25, -0.2) is 4.98 Å². The first-order chi connectivity index (χ1) is 8.15. The van der Waals surface area contributed by atoms with E-state index in [4.69, 9.17) is 10.5 Å². The van der Waals surface area contributed by atoms with Gasteiger partial charge in [0.2, 0.25) is 5.91 Å². The van der Waals surface area contributed by atoms with Gasteiger partial charge in [0.15, 0.2) is 5.82 Å². The zero-order chi connectivity index (χ0) is 12.7. The monoisotopic (exact) mass is 238 g/mol. The third-order valence-electron chi connectivity index (χ3n) is 2.19. The van der Waals surface area contributed by atoms with Crippen molar-refractivity contribution in [3.05, 3.63) is 18.3 Å². The van der Waals surface area contributed by atoms with E-state index >= 15 is 0 Å². The minimum atomic E-state index is -0.0883. The van der Waals surface area contributed by atoms with Crippen molar-refractivity contribution in [1.82, 2.24) is 10.3 Å². The first-order valence-electron chi connectivity index (χ1n) is 5.32. The summed E-state index contributed by atoms with van der Waals surface area (Å²) in [5, 5.41) is 2.73. The van der Waals surface area contributed by atoms with Crippen molar-refractivity contribution in [3.63, 3.8) is 0 Å². The molecule has 0 saturated carbocycles. The van der Waals surface area contributed by atoms with E-state index in [0.717, 1.165) is 0 Å². The Hall–Kier alpha value is -1.82. The number of pyridine rings is 1. The number of anilines is 2. The van der Waals surface area contributed by atoms with E-state index in [1.54, 1.807) is 37.4 Å². The van der Waals surface area contributed by atoms with Crippen molar-refractivity contribution in [2.24, 2.45) is 0 Å². The number of nitrogen functional groups attached to an aromatic ring is 1. The normalized spacial score (nSPS) is 10.0. The molecule has 0 unspecified atom stereocenters. The van der Waals surface area contributed by atoms with Crippen LogP contribution in [0.15, 0.2) is 18.3 Å². The van der Waals surface area contributed by atoms with Gasteiger partial charge in [0, 0.05) is 26.9 Å². The number of aromatic nitrogens is 1. The van der Waals surface area contributed by atoms with E-state index in [1.807, 2.05) is 0 Å². The number of nitrogens with one attached hydrogen (secondary N) is 1. The molecule has 0 aliphatic carbocycles. The van der Waals surface area contributed by atoms with Crippen LogP contribution in [-0.4, -0.2) is 44.7 Å². The Morgan fingerprint density at radius 2 is 2.41 bits per heavy atom. The Labute approximate surface area is 101 Å². The molecule has 17 heavy (non-hydrogen) atoms. The van der Waals surface area contributed by atoms with Gasteiger partial charge in [-0.3, -0.25) is 4.79 Å². The predicted molar refractivity (Wildman–Crippen MR) is 66.8 cm³/mol. The van der Waals surface area contributed by atoms with Crippen molar-refractivity contribution >= 4 is 17.4 Å². The fraction of sp³-hybridized carbons (Fsp3) is 0.455. The van der Waals surface area contributed by atoms with Crippen LogP contribution in [0.1, 0.15) is 0 Å². The maximum absolute atomic E-state index is 11.5. The summed E-state index contributed by atoms with van der Waals surface area (Å²) in [6, 6.07) is 3.51. The zero-order valence-corrected chi connectivity index (χ0v) is 10.1. The summed E-state index contributed by atoms with van der Waals surface area (Å²) in [6.45, 7) is 1.22. The van der Waals surface area contributed by atoms with Crippen LogP contribution in [0.2, 0.25) is 0 Å². The fourth-order valence-corrected chi connectivity index (χ4v) is 1.37. The number of hydrogen-bond donors (Lipinski definition) is 2. The van der Waals surface area contributed by atoms with Crippen LogP contribution in [-0.2, 0) is 9.53 Å². The van der Waals surface area contributed by atoms with Crippen LogP contribution in [0.4, 0.5) is 11.5 Å². The molecule has 0 aromatic carbocycles. The smallest absolute Gasteiger partial charge is 0.239 e. The van der Waals surface area contributed by atoms with Crippen LogP contribution >= 0.6 is 0 Å². The molecule has 6 nitrogen and oxygen atoms in total. The van der Waals surface area contributed by atoms with Crippen molar-refractivity contribution in [2.45, 2.75) is 0 Å². The average molecular weight is 238 g/mol. The topological polar surface area (TPSA) is 80.5 Å². The second-order valence-corrected chi connectivity index (χ2v) is 3.62. The predicted octanol–water partition coefficient (Wildman–Crippen LogP) is -0.137. The zero-order valence-electron chi connectivity index (χ0n) is 10.1. The summed E-state index contributed by atoms with van der Waals surface area (Å²) < 4.78 is 4.84. The number of carbonyl (C=O) groups excluding carboxylic acids is 1. The molecule has 0 aliphatic heterocycles. The summed E-state index contributed by atoms with van der Waals surface area (Å²) in [5.74, 6) is 0.518. The number of likely N-dealkylation sites (N-methyl/N-ethyl adjacent to an activating group) is 1. The van der Waals surface area contributed by atoms with Gasteiger partial charge >= 0.3 is 0 Å². The number of nitrogens with zero attached hydrogens (tertiary/aromatic N) is 2. The highest BCUT2D eigenvalue weighted by molar-refractivity contribution is 5.82. The van der Waals surface area contributed by atoms with Gasteiger partial charge in [0.1, 0.15) is 0 Å². The minimum absolute atomic E-state index is 0.0883. The lowest BCUT2D eigenvalue weighted by molar-refractivity contribution is -0.119. The molecule has 94 valence electrons. The average Bonchev–Trinajstić information content (AvgIpc) is 2.29. The molecular weight excluding hydrogens is 220 g/mol. The van der Waals surface area contributed by atoms with Crippen LogP contribution in [0.25, 0.3) is 0 Å². The lowest BCUT2D eigenvalue weighted by Crippen LogP contribution is -2.37. The Morgan fingerprint density at radius 3 is 3.06 bits per heavy atom. The highest BCUT2D eigenvalue weighted by atomic mass is 16.5. The second kappa shape index (κ2) is 6.70. The maximum atomic E-state index is 11.5. The van der Waals surface area contributed by atoms with Gasteiger partial charge < -0.3 is 20.7 Å². The summed E-state index contributed by atoms with van der Waals surface area (Å²) in [4.78, 5) is 17.4. The fourth-order valence-electron chi connectivity index (χ4n) is 1.37. The molecule has 1 aromatic rings. The molecule has 0 fully saturated rings. The number of methoxy groups -OCH3 is 1. The maximum Gasteiger partial charge on any atom is 0.239 e. The largest absolute Gasteiger partial charge is 0.396 e. The summed E-state index contributed by atoms with van der Waals surface area (Å²) >= 11 is 0. The number of rotatable bonds is 6. The van der Waals surface area contributed by atoms with Gasteiger partial charge in [-0.1, -0.05) is 0 Å². The highest BCUT2D eigenvalue weighted by Gasteiger charge is 2.10. The number of ether oxygens (including phenoxy) is 1. The standard InChI is InChI=1S/C11H18N4O2/c1-15(8-10(16)13-6-7-17-2)11-9(12)4-3-5-14-11/h3-5H,6-8,12H2,1-2H3,(H,13,16). The van der Waals surface area contributed by atoms with Crippen LogP contribution in [0.5, 0.6) is 0 Å². The Morgan fingerprint density at radius 1 is 1.65 bits per heavy atom. The molecule has 1 amide bonds. The quantitative estimate of drug-likeness (QED) is 0.674. The number of nitrogens with two attached hydrogens (primary N) is 1. The lowest BCUT2D eigenvalue weighted by atomic mass is 10.3. The van der Waals surface area contributed by atoms with Crippen molar-refractivity contribution < 1.29 is 9.53 Å². The summed E-state index contributed by atoms with van der Waals surface area (Å²) in [6.07, 6.45) is 1.64. The third-order valence-corrected chi connectivity index (χ3v) is 2.19. The molecule has 0 spiro atoms. The molecule has 1 rings (SSSR count). The summed E-state index contributed by atoms with van der Waals surface area (Å²) in [7, 11) is 3.36. The van der Waals surface area contributed by atoms with E-state index in [-0.39, 0.29) is 12.5 Å². The van der Waals surface area contributed by atoms with E-state index in [2.05, 4.69) is 10.3 Å². The Bertz CT molecular complexity index is 370. The van der Waals surface area contributed by atoms with Gasteiger partial charge in [0.25, 0.3) is 0 Å². The second-order valence-electron chi connectivity index (χ2n) is 3.62. The molecule has 0 saturated heterocycles. The van der Waals surface area contributed by atoms with Crippen LogP contribution < -0.4 is 16.0 Å². The molecule has 3 N–H and O–H groups in total. The Kier molecular flexibility index (Phi) is 5.22. The van der Waals surface area contributed by atoms with E-state index in [0.29, 0.717) is 24.7 Å². The molecule has 0 atom stereocenters. The minimum Gasteiger partial charge on any atom is -0.396 e. The van der Waals surface area contributed by atoms with E-state index in [1.165, 1.54) is 0 Å². The number of carbonyl (C=O) groups is 1. The number of hydrogen-bond acceptors (Lipinski definition) is 5. The lowest BCUT2D eigenvalue weighted by Gasteiger charge is -2.18. The van der Waals surface area contributed by atoms with Crippen molar-refractivity contribution in [2.75, 3.05) is 44.5 Å². The molecule has 0 bridgehead atoms. The Balaban J connectivity index is 2.46. The molecule has 0 radical (unpaired) electrons. The van der Waals surface area contributed by atoms with Gasteiger partial charge in [-0.05, 0) is 12.1 Å². The number of amides is 1. The summed E-state index contributed by atoms with van der Waals surface area (Å²) in [5.41, 5.74) is 6.32. The molecule has 1 heterocycles. The van der Waals surface area contributed by atoms with Gasteiger partial charge in [0.05, 0.1) is 18.8 Å².